The third kappa shape index (κ3) is 3.77. The summed E-state index contributed by atoms with van der Waals surface area (Å²) in [6, 6.07) is 3.17. The van der Waals surface area contributed by atoms with Crippen molar-refractivity contribution in [2.24, 2.45) is 11.8 Å². The van der Waals surface area contributed by atoms with Gasteiger partial charge in [0, 0.05) is 19.0 Å². The molecule has 1 aromatic rings. The minimum Gasteiger partial charge on any atom is -0.467 e. The molecule has 2 atom stereocenters. The van der Waals surface area contributed by atoms with Crippen molar-refractivity contribution in [3.05, 3.63) is 36.3 Å². The lowest BCUT2D eigenvalue weighted by Crippen LogP contribution is -2.56. The van der Waals surface area contributed by atoms with Gasteiger partial charge in [-0.15, -0.1) is 0 Å². The summed E-state index contributed by atoms with van der Waals surface area (Å²) in [5.41, 5.74) is -0.874. The van der Waals surface area contributed by atoms with E-state index in [0.29, 0.717) is 25.3 Å². The molecule has 3 aliphatic rings. The second-order valence-electron chi connectivity index (χ2n) is 8.70. The molecule has 0 spiro atoms. The van der Waals surface area contributed by atoms with Crippen molar-refractivity contribution in [3.63, 3.8) is 0 Å². The lowest BCUT2D eigenvalue weighted by atomic mass is 9.74. The molecule has 7 heteroatoms. The summed E-state index contributed by atoms with van der Waals surface area (Å²) in [7, 11) is 0. The Morgan fingerprint density at radius 3 is 2.67 bits per heavy atom. The van der Waals surface area contributed by atoms with E-state index in [9.17, 15) is 14.4 Å². The van der Waals surface area contributed by atoms with Gasteiger partial charge in [0.15, 0.2) is 0 Å². The van der Waals surface area contributed by atoms with E-state index >= 15 is 0 Å². The molecule has 2 fully saturated rings. The number of nitrogens with one attached hydrogen (secondary N) is 1. The molecule has 0 saturated carbocycles. The number of nitrogens with zero attached hydrogens (tertiary/aromatic N) is 2. The minimum absolute atomic E-state index is 0.0332. The lowest BCUT2D eigenvalue weighted by Gasteiger charge is -2.41. The largest absolute Gasteiger partial charge is 0.467 e. The fourth-order valence-corrected chi connectivity index (χ4v) is 5.26. The van der Waals surface area contributed by atoms with E-state index in [1.54, 1.807) is 18.4 Å². The summed E-state index contributed by atoms with van der Waals surface area (Å²) in [4.78, 5) is 42.2. The quantitative estimate of drug-likeness (QED) is 0.572. The molecule has 0 aromatic carbocycles. The number of rotatable bonds is 6. The summed E-state index contributed by atoms with van der Waals surface area (Å²) < 4.78 is 5.34. The minimum atomic E-state index is -0.874. The molecule has 0 radical (unpaired) electrons. The second kappa shape index (κ2) is 8.66. The Morgan fingerprint density at radius 2 is 2.03 bits per heavy atom. The average molecular weight is 414 g/mol. The van der Waals surface area contributed by atoms with Gasteiger partial charge < -0.3 is 14.6 Å². The number of amides is 4. The van der Waals surface area contributed by atoms with Crippen molar-refractivity contribution in [1.82, 2.24) is 15.1 Å². The molecule has 1 N–H and O–H groups in total. The molecular weight excluding hydrogens is 382 g/mol. The number of hydrogen-bond donors (Lipinski definition) is 1. The van der Waals surface area contributed by atoms with E-state index in [-0.39, 0.29) is 36.2 Å². The Bertz CT molecular complexity index is 810. The predicted molar refractivity (Wildman–Crippen MR) is 111 cm³/mol. The summed E-state index contributed by atoms with van der Waals surface area (Å²) >= 11 is 0. The Kier molecular flexibility index (Phi) is 5.97. The normalized spacial score (nSPS) is 27.6. The number of piperidine rings is 1. The first kappa shape index (κ1) is 20.7. The van der Waals surface area contributed by atoms with Crippen molar-refractivity contribution in [3.8, 4) is 0 Å². The van der Waals surface area contributed by atoms with Crippen LogP contribution in [0.3, 0.4) is 0 Å². The highest BCUT2D eigenvalue weighted by atomic mass is 16.3. The van der Waals surface area contributed by atoms with Crippen molar-refractivity contribution in [1.29, 1.82) is 0 Å². The number of allylic oxidation sites excluding steroid dienone is 2. The average Bonchev–Trinajstić information content (AvgIpc) is 3.37. The molecule has 0 bridgehead atoms. The van der Waals surface area contributed by atoms with Crippen LogP contribution in [-0.4, -0.2) is 46.3 Å². The van der Waals surface area contributed by atoms with Gasteiger partial charge >= 0.3 is 6.03 Å². The first-order valence-electron chi connectivity index (χ1n) is 11.2. The van der Waals surface area contributed by atoms with Crippen LogP contribution in [0.4, 0.5) is 4.79 Å². The maximum atomic E-state index is 13.4. The summed E-state index contributed by atoms with van der Waals surface area (Å²) in [5.74, 6) is 0.794. The summed E-state index contributed by atoms with van der Waals surface area (Å²) in [5, 5.41) is 3.04. The molecule has 1 aliphatic carbocycles. The number of carbonyl (C=O) groups excluding carboxylic acids is 3. The van der Waals surface area contributed by atoms with Crippen molar-refractivity contribution < 1.29 is 18.8 Å². The van der Waals surface area contributed by atoms with Gasteiger partial charge in [-0.25, -0.2) is 4.79 Å². The standard InChI is InChI=1S/C23H31N3O4/c1-2-12-23(21(28)26(22(29)24-23)16-19-9-6-15-30-19)18-10-13-25(14-11-18)20(27)17-7-4-3-5-8-17/h3-4,6,9,15,17-18H,2,5,7-8,10-14,16H2,1H3,(H,24,29). The van der Waals surface area contributed by atoms with Crippen molar-refractivity contribution >= 4 is 17.8 Å². The summed E-state index contributed by atoms with van der Waals surface area (Å²) in [6.45, 7) is 3.48. The number of urea groups is 1. The van der Waals surface area contributed by atoms with Gasteiger partial charge in [-0.1, -0.05) is 25.5 Å². The number of hydrogen-bond acceptors (Lipinski definition) is 4. The third-order valence-corrected chi connectivity index (χ3v) is 6.86. The number of imide groups is 1. The van der Waals surface area contributed by atoms with Crippen LogP contribution in [0.1, 0.15) is 57.6 Å². The van der Waals surface area contributed by atoms with Crippen LogP contribution in [0.15, 0.2) is 35.0 Å². The fourth-order valence-electron chi connectivity index (χ4n) is 5.26. The van der Waals surface area contributed by atoms with Gasteiger partial charge in [0.1, 0.15) is 11.3 Å². The van der Waals surface area contributed by atoms with Gasteiger partial charge in [0.2, 0.25) is 5.91 Å². The number of likely N-dealkylation sites (tertiary alicyclic amines) is 1. The zero-order valence-corrected chi connectivity index (χ0v) is 17.6. The zero-order valence-electron chi connectivity index (χ0n) is 17.6. The van der Waals surface area contributed by atoms with E-state index in [2.05, 4.69) is 17.5 Å². The van der Waals surface area contributed by atoms with Crippen LogP contribution < -0.4 is 5.32 Å². The molecule has 162 valence electrons. The van der Waals surface area contributed by atoms with Crippen LogP contribution in [0.25, 0.3) is 0 Å². The summed E-state index contributed by atoms with van der Waals surface area (Å²) in [6.07, 6.45) is 11.4. The van der Waals surface area contributed by atoms with E-state index < -0.39 is 5.54 Å². The number of carbonyl (C=O) groups is 3. The highest BCUT2D eigenvalue weighted by molar-refractivity contribution is 6.07. The van der Waals surface area contributed by atoms with E-state index in [4.69, 9.17) is 4.42 Å². The van der Waals surface area contributed by atoms with Crippen molar-refractivity contribution in [2.75, 3.05) is 13.1 Å². The Balaban J connectivity index is 1.44. The van der Waals surface area contributed by atoms with Gasteiger partial charge in [-0.05, 0) is 56.6 Å². The van der Waals surface area contributed by atoms with Crippen LogP contribution >= 0.6 is 0 Å². The third-order valence-electron chi connectivity index (χ3n) is 6.86. The molecule has 7 nitrogen and oxygen atoms in total. The molecular formula is C23H31N3O4. The van der Waals surface area contributed by atoms with Crippen LogP contribution in [0, 0.1) is 11.8 Å². The van der Waals surface area contributed by atoms with Gasteiger partial charge in [-0.2, -0.15) is 0 Å². The van der Waals surface area contributed by atoms with Crippen LogP contribution in [-0.2, 0) is 16.1 Å². The lowest BCUT2D eigenvalue weighted by molar-refractivity contribution is -0.139. The molecule has 3 heterocycles. The first-order chi connectivity index (χ1) is 14.5. The molecule has 4 amide bonds. The first-order valence-corrected chi connectivity index (χ1v) is 11.2. The Hall–Kier alpha value is -2.57. The van der Waals surface area contributed by atoms with Gasteiger partial charge in [-0.3, -0.25) is 14.5 Å². The van der Waals surface area contributed by atoms with E-state index in [0.717, 1.165) is 38.5 Å². The van der Waals surface area contributed by atoms with E-state index in [1.807, 2.05) is 11.8 Å². The molecule has 1 aromatic heterocycles. The molecule has 30 heavy (non-hydrogen) atoms. The highest BCUT2D eigenvalue weighted by Crippen LogP contribution is 2.38. The van der Waals surface area contributed by atoms with Crippen molar-refractivity contribution in [2.45, 2.75) is 64.0 Å². The molecule has 4 rings (SSSR count). The SMILES string of the molecule is CCCC1(C2CCN(C(=O)C3CC=CCC3)CC2)NC(=O)N(Cc2ccco2)C1=O. The molecule has 2 saturated heterocycles. The topological polar surface area (TPSA) is 82.9 Å². The molecule has 2 aliphatic heterocycles. The molecule has 2 unspecified atom stereocenters. The second-order valence-corrected chi connectivity index (χ2v) is 8.70. The van der Waals surface area contributed by atoms with Crippen LogP contribution in [0.5, 0.6) is 0 Å². The highest BCUT2D eigenvalue weighted by Gasteiger charge is 2.55. The monoisotopic (exact) mass is 413 g/mol. The van der Waals surface area contributed by atoms with E-state index in [1.165, 1.54) is 4.90 Å². The maximum absolute atomic E-state index is 13.4. The Morgan fingerprint density at radius 1 is 1.23 bits per heavy atom. The zero-order chi connectivity index (χ0) is 21.1. The number of furan rings is 1. The fraction of sp³-hybridized carbons (Fsp3) is 0.609. The smallest absolute Gasteiger partial charge is 0.325 e. The van der Waals surface area contributed by atoms with Crippen LogP contribution in [0.2, 0.25) is 0 Å². The van der Waals surface area contributed by atoms with Gasteiger partial charge in [0.05, 0.1) is 12.8 Å². The van der Waals surface area contributed by atoms with Gasteiger partial charge in [0.25, 0.3) is 5.91 Å². The Labute approximate surface area is 177 Å². The predicted octanol–water partition coefficient (Wildman–Crippen LogP) is 3.47. The maximum Gasteiger partial charge on any atom is 0.325 e.